The first-order valence-electron chi connectivity index (χ1n) is 19.4. The van der Waals surface area contributed by atoms with Crippen LogP contribution in [-0.2, 0) is 18.9 Å². The number of rotatable bonds is 12. The van der Waals surface area contributed by atoms with E-state index in [1.165, 1.54) is 37.7 Å². The van der Waals surface area contributed by atoms with E-state index in [0.717, 1.165) is 32.1 Å². The first-order chi connectivity index (χ1) is 23.7. The Morgan fingerprint density at radius 1 is 0.900 bits per heavy atom. The molecule has 50 heavy (non-hydrogen) atoms. The number of aliphatic hydroxyl groups is 6. The molecule has 2 heterocycles. The van der Waals surface area contributed by atoms with Crippen LogP contribution in [0.15, 0.2) is 35.5 Å². The van der Waals surface area contributed by atoms with Gasteiger partial charge in [-0.3, -0.25) is 0 Å². The van der Waals surface area contributed by atoms with E-state index in [4.69, 9.17) is 18.9 Å². The van der Waals surface area contributed by atoms with Crippen molar-refractivity contribution in [2.24, 2.45) is 40.4 Å². The van der Waals surface area contributed by atoms with Crippen LogP contribution in [0.3, 0.4) is 0 Å². The predicted molar refractivity (Wildman–Crippen MR) is 187 cm³/mol. The molecule has 6 rings (SSSR count). The van der Waals surface area contributed by atoms with Crippen LogP contribution >= 0.6 is 0 Å². The van der Waals surface area contributed by atoms with Crippen LogP contribution in [0.5, 0.6) is 0 Å². The monoisotopic (exact) mass is 704 g/mol. The first kappa shape index (κ1) is 38.5. The zero-order valence-electron chi connectivity index (χ0n) is 30.8. The van der Waals surface area contributed by atoms with Crippen LogP contribution in [0.1, 0.15) is 98.8 Å². The summed E-state index contributed by atoms with van der Waals surface area (Å²) in [5.41, 5.74) is 5.15. The maximum atomic E-state index is 10.9. The lowest BCUT2D eigenvalue weighted by molar-refractivity contribution is -0.307. The van der Waals surface area contributed by atoms with Crippen molar-refractivity contribution in [1.29, 1.82) is 0 Å². The number of fused-ring (bicyclic) bond motifs is 5. The van der Waals surface area contributed by atoms with Crippen LogP contribution in [-0.4, -0.2) is 105 Å². The molecule has 0 radical (unpaired) electrons. The fraction of sp³-hybridized carbons (Fsp3) is 0.850. The smallest absolute Gasteiger partial charge is 0.186 e. The average Bonchev–Trinajstić information content (AvgIpc) is 3.58. The van der Waals surface area contributed by atoms with Crippen molar-refractivity contribution in [3.05, 3.63) is 35.5 Å². The normalized spacial score (nSPS) is 47.1. The van der Waals surface area contributed by atoms with Crippen molar-refractivity contribution >= 4 is 0 Å². The number of hydrogen-bond acceptors (Lipinski definition) is 10. The summed E-state index contributed by atoms with van der Waals surface area (Å²) in [6, 6.07) is 0. The molecule has 2 aliphatic heterocycles. The maximum absolute atomic E-state index is 10.9. The molecule has 6 aliphatic rings. The van der Waals surface area contributed by atoms with Crippen molar-refractivity contribution in [3.8, 4) is 0 Å². The van der Waals surface area contributed by atoms with Crippen LogP contribution in [0.2, 0.25) is 0 Å². The summed E-state index contributed by atoms with van der Waals surface area (Å²) >= 11 is 0. The van der Waals surface area contributed by atoms with Gasteiger partial charge in [0.05, 0.1) is 19.3 Å². The summed E-state index contributed by atoms with van der Waals surface area (Å²) in [5.74, 6) is 2.86. The molecule has 284 valence electrons. The fourth-order valence-electron chi connectivity index (χ4n) is 10.9. The molecule has 4 fully saturated rings. The molecule has 17 atom stereocenters. The third-order valence-corrected chi connectivity index (χ3v) is 14.3. The minimum atomic E-state index is -1.57. The van der Waals surface area contributed by atoms with Gasteiger partial charge in [-0.15, -0.1) is 0 Å². The molecule has 0 spiro atoms. The Kier molecular flexibility index (Phi) is 11.8. The first-order valence-corrected chi connectivity index (χ1v) is 19.4. The van der Waals surface area contributed by atoms with Crippen molar-refractivity contribution in [1.82, 2.24) is 0 Å². The van der Waals surface area contributed by atoms with Crippen LogP contribution in [0, 0.1) is 40.4 Å². The SMILES string of the molecule is C=C(C)C(CC)CCC(C)C1=CCC2C3=CCC4CC(OC5OC(COC6OC(CO)C(O)C(O)C6O)C(O)C5O)CCC4(C)C3CCC12C. The van der Waals surface area contributed by atoms with Gasteiger partial charge in [0.15, 0.2) is 12.6 Å². The Hall–Kier alpha value is -1.18. The molecular formula is C40H64O10. The second-order valence-electron chi connectivity index (χ2n) is 17.1. The topological polar surface area (TPSA) is 158 Å². The number of ether oxygens (including phenoxy) is 4. The molecule has 2 saturated carbocycles. The zero-order valence-corrected chi connectivity index (χ0v) is 30.8. The Labute approximate surface area is 298 Å². The molecule has 6 N–H and O–H groups in total. The summed E-state index contributed by atoms with van der Waals surface area (Å²) in [7, 11) is 0. The van der Waals surface area contributed by atoms with E-state index in [-0.39, 0.29) is 23.5 Å². The molecule has 4 aliphatic carbocycles. The van der Waals surface area contributed by atoms with Gasteiger partial charge in [0.2, 0.25) is 0 Å². The lowest BCUT2D eigenvalue weighted by Crippen LogP contribution is -2.59. The van der Waals surface area contributed by atoms with E-state index in [2.05, 4.69) is 53.3 Å². The van der Waals surface area contributed by atoms with E-state index in [9.17, 15) is 30.6 Å². The highest BCUT2D eigenvalue weighted by molar-refractivity contribution is 5.36. The highest BCUT2D eigenvalue weighted by Gasteiger charge is 2.57. The largest absolute Gasteiger partial charge is 0.394 e. The van der Waals surface area contributed by atoms with Gasteiger partial charge in [0.25, 0.3) is 0 Å². The minimum absolute atomic E-state index is 0.111. The summed E-state index contributed by atoms with van der Waals surface area (Å²) in [6.45, 7) is 15.4. The van der Waals surface area contributed by atoms with E-state index >= 15 is 0 Å². The second kappa shape index (κ2) is 15.3. The fourth-order valence-corrected chi connectivity index (χ4v) is 10.9. The molecule has 0 aromatic carbocycles. The van der Waals surface area contributed by atoms with Gasteiger partial charge in [0.1, 0.15) is 42.7 Å². The third kappa shape index (κ3) is 6.96. The Balaban J connectivity index is 1.04. The van der Waals surface area contributed by atoms with Gasteiger partial charge in [-0.05, 0) is 112 Å². The van der Waals surface area contributed by atoms with Crippen molar-refractivity contribution < 1.29 is 49.6 Å². The second-order valence-corrected chi connectivity index (χ2v) is 17.1. The molecule has 0 aromatic heterocycles. The predicted octanol–water partition coefficient (Wildman–Crippen LogP) is 4.15. The molecule has 10 nitrogen and oxygen atoms in total. The van der Waals surface area contributed by atoms with Gasteiger partial charge >= 0.3 is 0 Å². The molecular weight excluding hydrogens is 640 g/mol. The summed E-state index contributed by atoms with van der Waals surface area (Å²) in [6.07, 6.45) is 4.44. The minimum Gasteiger partial charge on any atom is -0.394 e. The third-order valence-electron chi connectivity index (χ3n) is 14.3. The zero-order chi connectivity index (χ0) is 36.1. The van der Waals surface area contributed by atoms with E-state index < -0.39 is 61.9 Å². The summed E-state index contributed by atoms with van der Waals surface area (Å²) in [4.78, 5) is 0. The maximum Gasteiger partial charge on any atom is 0.186 e. The van der Waals surface area contributed by atoms with Gasteiger partial charge < -0.3 is 49.6 Å². The van der Waals surface area contributed by atoms with Gasteiger partial charge in [-0.1, -0.05) is 63.1 Å². The van der Waals surface area contributed by atoms with E-state index in [1.54, 1.807) is 11.1 Å². The Morgan fingerprint density at radius 3 is 2.30 bits per heavy atom. The Bertz CT molecular complexity index is 1270. The molecule has 2 saturated heterocycles. The molecule has 0 aromatic rings. The Morgan fingerprint density at radius 2 is 1.60 bits per heavy atom. The average molecular weight is 705 g/mol. The van der Waals surface area contributed by atoms with Crippen LogP contribution < -0.4 is 0 Å². The number of hydrogen-bond donors (Lipinski definition) is 6. The number of allylic oxidation sites excluding steroid dienone is 5. The lowest BCUT2D eigenvalue weighted by Gasteiger charge is -2.57. The van der Waals surface area contributed by atoms with Crippen LogP contribution in [0.25, 0.3) is 0 Å². The van der Waals surface area contributed by atoms with Crippen molar-refractivity contribution in [3.63, 3.8) is 0 Å². The van der Waals surface area contributed by atoms with Gasteiger partial charge in [0, 0.05) is 0 Å². The molecule has 0 amide bonds. The van der Waals surface area contributed by atoms with Gasteiger partial charge in [-0.25, -0.2) is 0 Å². The summed E-state index contributed by atoms with van der Waals surface area (Å²) in [5, 5.41) is 61.4. The van der Waals surface area contributed by atoms with Crippen molar-refractivity contribution in [2.45, 2.75) is 160 Å². The summed E-state index contributed by atoms with van der Waals surface area (Å²) < 4.78 is 23.3. The molecule has 10 heteroatoms. The molecule has 17 unspecified atom stereocenters. The highest BCUT2D eigenvalue weighted by atomic mass is 16.7. The van der Waals surface area contributed by atoms with Gasteiger partial charge in [-0.2, -0.15) is 0 Å². The quantitative estimate of drug-likeness (QED) is 0.163. The molecule has 0 bridgehead atoms. The van der Waals surface area contributed by atoms with E-state index in [0.29, 0.717) is 29.6 Å². The van der Waals surface area contributed by atoms with Crippen molar-refractivity contribution in [2.75, 3.05) is 13.2 Å². The number of aliphatic hydroxyl groups excluding tert-OH is 6. The van der Waals surface area contributed by atoms with E-state index in [1.807, 2.05) is 0 Å². The lowest BCUT2D eigenvalue weighted by atomic mass is 9.47. The highest BCUT2D eigenvalue weighted by Crippen LogP contribution is 2.65. The van der Waals surface area contributed by atoms with Crippen LogP contribution in [0.4, 0.5) is 0 Å². The standard InChI is InChI=1S/C40H64O10/c1-7-23(21(2)3)9-8-22(4)27-12-13-28-26-11-10-24-18-25(14-16-39(24,5)29(26)15-17-40(27,28)6)48-38-35(45)33(43)31(50-38)20-47-37-36(46)34(44)32(42)30(19-41)49-37/h11-12,22-25,28-38,41-46H,2,7-10,13-20H2,1,3-6H3.